The molecular formula is C18H20N6OS. The summed E-state index contributed by atoms with van der Waals surface area (Å²) in [5, 5.41) is 20.3. The van der Waals surface area contributed by atoms with Crippen LogP contribution in [-0.4, -0.2) is 31.1 Å². The van der Waals surface area contributed by atoms with Crippen molar-refractivity contribution >= 4 is 28.5 Å². The zero-order chi connectivity index (χ0) is 18.2. The van der Waals surface area contributed by atoms with E-state index in [2.05, 4.69) is 32.7 Å². The molecule has 1 aromatic carbocycles. The van der Waals surface area contributed by atoms with Gasteiger partial charge in [-0.15, -0.1) is 15.3 Å². The van der Waals surface area contributed by atoms with Crippen LogP contribution in [0.5, 0.6) is 0 Å². The van der Waals surface area contributed by atoms with Gasteiger partial charge in [0.25, 0.3) is 0 Å². The highest BCUT2D eigenvalue weighted by Crippen LogP contribution is 2.17. The van der Waals surface area contributed by atoms with Gasteiger partial charge in [-0.1, -0.05) is 60.2 Å². The molecule has 3 aromatic rings. The average Bonchev–Trinajstić information content (AvgIpc) is 3.28. The molecule has 0 aliphatic carbocycles. The standard InChI is InChI=1S/C18H20N6OS/c1-2-3-9-17-21-22-18(26-17)19-16(25)11-10-15-13-24(23-20-15)12-14-7-5-4-6-8-14/h4-8,10-11,13H,2-3,9,12H2,1H3,(H,19,22,25). The van der Waals surface area contributed by atoms with Gasteiger partial charge in [-0.2, -0.15) is 0 Å². The third kappa shape index (κ3) is 5.32. The number of anilines is 1. The Bertz CT molecular complexity index is 871. The summed E-state index contributed by atoms with van der Waals surface area (Å²) in [7, 11) is 0. The quantitative estimate of drug-likeness (QED) is 0.617. The van der Waals surface area contributed by atoms with E-state index in [0.717, 1.165) is 29.8 Å². The molecule has 0 saturated heterocycles. The number of rotatable bonds is 8. The number of aromatic nitrogens is 5. The number of benzene rings is 1. The van der Waals surface area contributed by atoms with E-state index in [1.54, 1.807) is 17.0 Å². The lowest BCUT2D eigenvalue weighted by atomic mass is 10.2. The summed E-state index contributed by atoms with van der Waals surface area (Å²) in [5.74, 6) is -0.263. The van der Waals surface area contributed by atoms with Crippen LogP contribution in [0.1, 0.15) is 36.0 Å². The summed E-state index contributed by atoms with van der Waals surface area (Å²) < 4.78 is 1.73. The van der Waals surface area contributed by atoms with Crippen LogP contribution in [0.25, 0.3) is 6.08 Å². The topological polar surface area (TPSA) is 85.6 Å². The molecule has 0 aliphatic heterocycles. The third-order valence-corrected chi connectivity index (χ3v) is 4.49. The first kappa shape index (κ1) is 17.9. The molecule has 0 atom stereocenters. The Hall–Kier alpha value is -2.87. The molecule has 0 bridgehead atoms. The maximum atomic E-state index is 12.0. The predicted octanol–water partition coefficient (Wildman–Crippen LogP) is 3.17. The van der Waals surface area contributed by atoms with Gasteiger partial charge in [-0.3, -0.25) is 10.1 Å². The summed E-state index contributed by atoms with van der Waals surface area (Å²) in [6, 6.07) is 10.0. The van der Waals surface area contributed by atoms with Gasteiger partial charge >= 0.3 is 0 Å². The van der Waals surface area contributed by atoms with Crippen LogP contribution in [0.3, 0.4) is 0 Å². The van der Waals surface area contributed by atoms with Gasteiger partial charge in [0.15, 0.2) is 0 Å². The fourth-order valence-electron chi connectivity index (χ4n) is 2.28. The van der Waals surface area contributed by atoms with Crippen LogP contribution in [-0.2, 0) is 17.8 Å². The van der Waals surface area contributed by atoms with E-state index < -0.39 is 0 Å². The number of aryl methyl sites for hydroxylation is 1. The number of amides is 1. The average molecular weight is 368 g/mol. The van der Waals surface area contributed by atoms with Crippen molar-refractivity contribution in [3.8, 4) is 0 Å². The van der Waals surface area contributed by atoms with Crippen molar-refractivity contribution in [2.75, 3.05) is 5.32 Å². The van der Waals surface area contributed by atoms with E-state index in [9.17, 15) is 4.79 Å². The second-order valence-corrected chi connectivity index (χ2v) is 6.82. The lowest BCUT2D eigenvalue weighted by molar-refractivity contribution is -0.111. The second-order valence-electron chi connectivity index (χ2n) is 5.75. The summed E-state index contributed by atoms with van der Waals surface area (Å²) >= 11 is 1.41. The van der Waals surface area contributed by atoms with Crippen molar-refractivity contribution < 1.29 is 4.79 Å². The number of nitrogens with one attached hydrogen (secondary N) is 1. The van der Waals surface area contributed by atoms with Gasteiger partial charge < -0.3 is 0 Å². The molecule has 2 heterocycles. The lowest BCUT2D eigenvalue weighted by Crippen LogP contribution is -2.07. The fourth-order valence-corrected chi connectivity index (χ4v) is 3.06. The molecule has 7 nitrogen and oxygen atoms in total. The van der Waals surface area contributed by atoms with Gasteiger partial charge in [0.1, 0.15) is 10.7 Å². The molecular weight excluding hydrogens is 348 g/mol. The van der Waals surface area contributed by atoms with E-state index in [1.165, 1.54) is 17.4 Å². The molecule has 0 radical (unpaired) electrons. The van der Waals surface area contributed by atoms with Crippen LogP contribution in [0.4, 0.5) is 5.13 Å². The summed E-state index contributed by atoms with van der Waals surface area (Å²) in [5.41, 5.74) is 1.76. The fraction of sp³-hybridized carbons (Fsp3) is 0.278. The molecule has 26 heavy (non-hydrogen) atoms. The Labute approximate surface area is 155 Å². The molecule has 134 valence electrons. The number of hydrogen-bond donors (Lipinski definition) is 1. The molecule has 8 heteroatoms. The number of carbonyl (C=O) groups is 1. The van der Waals surface area contributed by atoms with Crippen molar-refractivity contribution in [3.63, 3.8) is 0 Å². The van der Waals surface area contributed by atoms with Crippen LogP contribution in [0.2, 0.25) is 0 Å². The first-order valence-corrected chi connectivity index (χ1v) is 9.30. The Balaban J connectivity index is 1.52. The highest BCUT2D eigenvalue weighted by atomic mass is 32.1. The Morgan fingerprint density at radius 2 is 2.08 bits per heavy atom. The van der Waals surface area contributed by atoms with E-state index >= 15 is 0 Å². The molecule has 0 spiro atoms. The second kappa shape index (κ2) is 9.00. The maximum Gasteiger partial charge on any atom is 0.250 e. The summed E-state index contributed by atoms with van der Waals surface area (Å²) in [6.45, 7) is 2.77. The minimum Gasteiger partial charge on any atom is -0.297 e. The normalized spacial score (nSPS) is 11.1. The minimum absolute atomic E-state index is 0.263. The monoisotopic (exact) mass is 368 g/mol. The smallest absolute Gasteiger partial charge is 0.250 e. The third-order valence-electron chi connectivity index (χ3n) is 3.59. The number of carbonyl (C=O) groups excluding carboxylic acids is 1. The molecule has 1 amide bonds. The molecule has 3 rings (SSSR count). The van der Waals surface area contributed by atoms with Gasteiger partial charge in [0.05, 0.1) is 12.7 Å². The summed E-state index contributed by atoms with van der Waals surface area (Å²) in [6.07, 6.45) is 7.91. The summed E-state index contributed by atoms with van der Waals surface area (Å²) in [4.78, 5) is 12.0. The van der Waals surface area contributed by atoms with Gasteiger partial charge in [0.2, 0.25) is 11.0 Å². The highest BCUT2D eigenvalue weighted by molar-refractivity contribution is 7.15. The molecule has 0 aliphatic rings. The van der Waals surface area contributed by atoms with Crippen LogP contribution in [0, 0.1) is 0 Å². The molecule has 1 N–H and O–H groups in total. The molecule has 2 aromatic heterocycles. The predicted molar refractivity (Wildman–Crippen MR) is 102 cm³/mol. The van der Waals surface area contributed by atoms with Gasteiger partial charge in [0, 0.05) is 12.5 Å². The molecule has 0 fully saturated rings. The molecule has 0 saturated carbocycles. The van der Waals surface area contributed by atoms with Crippen molar-refractivity contribution in [1.82, 2.24) is 25.2 Å². The number of unbranched alkanes of at least 4 members (excludes halogenated alkanes) is 1. The van der Waals surface area contributed by atoms with Gasteiger partial charge in [-0.25, -0.2) is 4.68 Å². The van der Waals surface area contributed by atoms with Crippen molar-refractivity contribution in [3.05, 3.63) is 58.9 Å². The minimum atomic E-state index is -0.263. The first-order chi connectivity index (χ1) is 12.7. The van der Waals surface area contributed by atoms with Crippen molar-refractivity contribution in [2.24, 2.45) is 0 Å². The lowest BCUT2D eigenvalue weighted by Gasteiger charge is -1.98. The highest BCUT2D eigenvalue weighted by Gasteiger charge is 2.06. The largest absolute Gasteiger partial charge is 0.297 e. The zero-order valence-corrected chi connectivity index (χ0v) is 15.3. The SMILES string of the molecule is CCCCc1nnc(NC(=O)C=Cc2cn(Cc3ccccc3)nn2)s1. The number of hydrogen-bond acceptors (Lipinski definition) is 6. The first-order valence-electron chi connectivity index (χ1n) is 8.48. The zero-order valence-electron chi connectivity index (χ0n) is 14.5. The Morgan fingerprint density at radius 3 is 2.88 bits per heavy atom. The van der Waals surface area contributed by atoms with Crippen LogP contribution in [0.15, 0.2) is 42.6 Å². The van der Waals surface area contributed by atoms with E-state index in [1.807, 2.05) is 30.3 Å². The van der Waals surface area contributed by atoms with Crippen molar-refractivity contribution in [2.45, 2.75) is 32.7 Å². The van der Waals surface area contributed by atoms with E-state index in [-0.39, 0.29) is 5.91 Å². The molecule has 0 unspecified atom stereocenters. The van der Waals surface area contributed by atoms with E-state index in [4.69, 9.17) is 0 Å². The van der Waals surface area contributed by atoms with Crippen LogP contribution >= 0.6 is 11.3 Å². The number of nitrogens with zero attached hydrogens (tertiary/aromatic N) is 5. The Morgan fingerprint density at radius 1 is 1.23 bits per heavy atom. The van der Waals surface area contributed by atoms with Crippen LogP contribution < -0.4 is 5.32 Å². The van der Waals surface area contributed by atoms with Crippen molar-refractivity contribution in [1.29, 1.82) is 0 Å². The maximum absolute atomic E-state index is 12.0. The van der Waals surface area contributed by atoms with Gasteiger partial charge in [-0.05, 0) is 18.1 Å². The Kier molecular flexibility index (Phi) is 6.21. The van der Waals surface area contributed by atoms with E-state index in [0.29, 0.717) is 17.4 Å².